The van der Waals surface area contributed by atoms with E-state index in [4.69, 9.17) is 5.73 Å². The van der Waals surface area contributed by atoms with Crippen molar-refractivity contribution in [1.29, 1.82) is 0 Å². The summed E-state index contributed by atoms with van der Waals surface area (Å²) in [6, 6.07) is 4.80. The van der Waals surface area contributed by atoms with Crippen LogP contribution in [0.15, 0.2) is 16.6 Å². The van der Waals surface area contributed by atoms with Crippen molar-refractivity contribution in [3.8, 4) is 0 Å². The number of anilines is 2. The van der Waals surface area contributed by atoms with Crippen molar-refractivity contribution < 1.29 is 0 Å². The van der Waals surface area contributed by atoms with Crippen molar-refractivity contribution in [2.75, 3.05) is 17.2 Å². The predicted molar refractivity (Wildman–Crippen MR) is 64.7 cm³/mol. The van der Waals surface area contributed by atoms with Gasteiger partial charge in [0.15, 0.2) is 0 Å². The summed E-state index contributed by atoms with van der Waals surface area (Å²) in [7, 11) is 0. The lowest BCUT2D eigenvalue weighted by Gasteiger charge is -2.41. The van der Waals surface area contributed by atoms with Gasteiger partial charge in [-0.25, -0.2) is 0 Å². The van der Waals surface area contributed by atoms with Crippen LogP contribution in [0.3, 0.4) is 0 Å². The molecule has 2 rings (SSSR count). The summed E-state index contributed by atoms with van der Waals surface area (Å²) in [6.45, 7) is 5.41. The molecule has 0 spiro atoms. The summed E-state index contributed by atoms with van der Waals surface area (Å²) >= 11 is 3.59. The number of benzene rings is 1. The first-order valence-corrected chi connectivity index (χ1v) is 5.71. The molecular weight excluding hydrogens is 240 g/mol. The van der Waals surface area contributed by atoms with Crippen LogP contribution < -0.4 is 10.6 Å². The van der Waals surface area contributed by atoms with Crippen LogP contribution in [-0.2, 0) is 0 Å². The molecule has 1 aliphatic heterocycles. The standard InChI is InChI=1S/C11H15BrN2/c1-7-5-9(12)11(6-10(7)13)14-4-3-8(14)2/h5-6,8H,3-4,13H2,1-2H3. The van der Waals surface area contributed by atoms with Gasteiger partial charge < -0.3 is 10.6 Å². The van der Waals surface area contributed by atoms with Gasteiger partial charge in [-0.05, 0) is 53.9 Å². The highest BCUT2D eigenvalue weighted by Crippen LogP contribution is 2.35. The van der Waals surface area contributed by atoms with E-state index in [-0.39, 0.29) is 0 Å². The van der Waals surface area contributed by atoms with E-state index in [9.17, 15) is 0 Å². The predicted octanol–water partition coefficient (Wildman–Crippen LogP) is 2.94. The van der Waals surface area contributed by atoms with Crippen LogP contribution in [0.5, 0.6) is 0 Å². The fourth-order valence-corrected chi connectivity index (χ4v) is 2.46. The minimum Gasteiger partial charge on any atom is -0.398 e. The highest BCUT2D eigenvalue weighted by molar-refractivity contribution is 9.10. The van der Waals surface area contributed by atoms with E-state index in [1.807, 2.05) is 6.92 Å². The van der Waals surface area contributed by atoms with Crippen LogP contribution in [0.4, 0.5) is 11.4 Å². The third kappa shape index (κ3) is 1.50. The SMILES string of the molecule is Cc1cc(Br)c(N2CCC2C)cc1N. The third-order valence-corrected chi connectivity index (χ3v) is 3.60. The van der Waals surface area contributed by atoms with Gasteiger partial charge in [0.2, 0.25) is 0 Å². The molecule has 0 amide bonds. The van der Waals surface area contributed by atoms with Gasteiger partial charge in [-0.1, -0.05) is 0 Å². The number of aryl methyl sites for hydroxylation is 1. The summed E-state index contributed by atoms with van der Waals surface area (Å²) in [5, 5.41) is 0. The summed E-state index contributed by atoms with van der Waals surface area (Å²) in [6.07, 6.45) is 1.28. The van der Waals surface area contributed by atoms with Crippen molar-refractivity contribution in [3.05, 3.63) is 22.2 Å². The average molecular weight is 255 g/mol. The fourth-order valence-electron chi connectivity index (χ4n) is 1.77. The number of halogens is 1. The van der Waals surface area contributed by atoms with Gasteiger partial charge in [0.1, 0.15) is 0 Å². The zero-order valence-electron chi connectivity index (χ0n) is 8.55. The Hall–Kier alpha value is -0.700. The maximum atomic E-state index is 5.90. The van der Waals surface area contributed by atoms with Gasteiger partial charge in [0.25, 0.3) is 0 Å². The molecule has 0 saturated carbocycles. The molecule has 0 radical (unpaired) electrons. The molecule has 3 heteroatoms. The minimum atomic E-state index is 0.647. The molecule has 0 aliphatic carbocycles. The lowest BCUT2D eigenvalue weighted by molar-refractivity contribution is 0.480. The number of nitrogen functional groups attached to an aromatic ring is 1. The largest absolute Gasteiger partial charge is 0.398 e. The van der Waals surface area contributed by atoms with E-state index in [0.29, 0.717) is 6.04 Å². The number of nitrogens with zero attached hydrogens (tertiary/aromatic N) is 1. The lowest BCUT2D eigenvalue weighted by Crippen LogP contribution is -2.45. The van der Waals surface area contributed by atoms with E-state index in [0.717, 1.165) is 22.3 Å². The van der Waals surface area contributed by atoms with Crippen LogP contribution in [0, 0.1) is 6.92 Å². The highest BCUT2D eigenvalue weighted by Gasteiger charge is 2.25. The molecule has 2 N–H and O–H groups in total. The van der Waals surface area contributed by atoms with Crippen molar-refractivity contribution in [1.82, 2.24) is 0 Å². The molecule has 1 heterocycles. The number of nitrogens with two attached hydrogens (primary N) is 1. The average Bonchev–Trinajstić information content (AvgIpc) is 2.12. The first-order chi connectivity index (χ1) is 6.59. The summed E-state index contributed by atoms with van der Waals surface area (Å²) in [5.74, 6) is 0. The maximum absolute atomic E-state index is 5.90. The van der Waals surface area contributed by atoms with Gasteiger partial charge in [-0.15, -0.1) is 0 Å². The second-order valence-electron chi connectivity index (χ2n) is 3.99. The molecule has 0 aromatic heterocycles. The first-order valence-electron chi connectivity index (χ1n) is 4.92. The van der Waals surface area contributed by atoms with Crippen LogP contribution in [-0.4, -0.2) is 12.6 Å². The Balaban J connectivity index is 2.38. The summed E-state index contributed by atoms with van der Waals surface area (Å²) in [5.41, 5.74) is 9.14. The van der Waals surface area contributed by atoms with Gasteiger partial charge >= 0.3 is 0 Å². The Morgan fingerprint density at radius 3 is 2.71 bits per heavy atom. The van der Waals surface area contributed by atoms with Gasteiger partial charge in [-0.3, -0.25) is 0 Å². The lowest BCUT2D eigenvalue weighted by atomic mass is 10.0. The van der Waals surface area contributed by atoms with Crippen LogP contribution >= 0.6 is 15.9 Å². The molecule has 1 aliphatic rings. The monoisotopic (exact) mass is 254 g/mol. The second kappa shape index (κ2) is 3.46. The Morgan fingerprint density at radius 2 is 2.21 bits per heavy atom. The topological polar surface area (TPSA) is 29.3 Å². The van der Waals surface area contributed by atoms with Crippen LogP contribution in [0.1, 0.15) is 18.9 Å². The van der Waals surface area contributed by atoms with Gasteiger partial charge in [-0.2, -0.15) is 0 Å². The zero-order chi connectivity index (χ0) is 10.3. The Morgan fingerprint density at radius 1 is 1.50 bits per heavy atom. The molecule has 1 saturated heterocycles. The van der Waals surface area contributed by atoms with Crippen molar-refractivity contribution in [2.24, 2.45) is 0 Å². The molecule has 1 unspecified atom stereocenters. The maximum Gasteiger partial charge on any atom is 0.0533 e. The number of hydrogen-bond donors (Lipinski definition) is 1. The summed E-state index contributed by atoms with van der Waals surface area (Å²) < 4.78 is 1.15. The molecule has 1 aromatic rings. The smallest absolute Gasteiger partial charge is 0.0533 e. The normalized spacial score (nSPS) is 20.8. The molecule has 1 aromatic carbocycles. The Labute approximate surface area is 93.2 Å². The van der Waals surface area contributed by atoms with Crippen molar-refractivity contribution >= 4 is 27.3 Å². The molecule has 76 valence electrons. The molecule has 2 nitrogen and oxygen atoms in total. The molecule has 1 fully saturated rings. The van der Waals surface area contributed by atoms with E-state index >= 15 is 0 Å². The van der Waals surface area contributed by atoms with Crippen molar-refractivity contribution in [3.63, 3.8) is 0 Å². The van der Waals surface area contributed by atoms with E-state index in [2.05, 4.69) is 39.9 Å². The third-order valence-electron chi connectivity index (χ3n) is 2.96. The Bertz CT molecular complexity index is 363. The Kier molecular flexibility index (Phi) is 2.43. The van der Waals surface area contributed by atoms with Gasteiger partial charge in [0, 0.05) is 22.7 Å². The first kappa shape index (κ1) is 9.84. The molecule has 1 atom stereocenters. The van der Waals surface area contributed by atoms with Crippen molar-refractivity contribution in [2.45, 2.75) is 26.3 Å². The minimum absolute atomic E-state index is 0.647. The molecular formula is C11H15BrN2. The number of rotatable bonds is 1. The van der Waals surface area contributed by atoms with E-state index in [1.54, 1.807) is 0 Å². The van der Waals surface area contributed by atoms with Crippen LogP contribution in [0.2, 0.25) is 0 Å². The molecule has 0 bridgehead atoms. The highest BCUT2D eigenvalue weighted by atomic mass is 79.9. The molecule has 14 heavy (non-hydrogen) atoms. The quantitative estimate of drug-likeness (QED) is 0.782. The van der Waals surface area contributed by atoms with E-state index in [1.165, 1.54) is 12.1 Å². The fraction of sp³-hybridized carbons (Fsp3) is 0.455. The zero-order valence-corrected chi connectivity index (χ0v) is 10.1. The van der Waals surface area contributed by atoms with E-state index < -0.39 is 0 Å². The number of hydrogen-bond acceptors (Lipinski definition) is 2. The second-order valence-corrected chi connectivity index (χ2v) is 4.85. The summed E-state index contributed by atoms with van der Waals surface area (Å²) in [4.78, 5) is 2.37. The van der Waals surface area contributed by atoms with Gasteiger partial charge in [0.05, 0.1) is 5.69 Å². The van der Waals surface area contributed by atoms with Crippen LogP contribution in [0.25, 0.3) is 0 Å².